The van der Waals surface area contributed by atoms with Crippen LogP contribution in [0.5, 0.6) is 5.75 Å². The van der Waals surface area contributed by atoms with E-state index in [2.05, 4.69) is 5.32 Å². The second kappa shape index (κ2) is 8.86. The van der Waals surface area contributed by atoms with Gasteiger partial charge in [-0.2, -0.15) is 0 Å². The Balaban J connectivity index is 1.94. The largest absolute Gasteiger partial charge is 0.476 e. The van der Waals surface area contributed by atoms with Gasteiger partial charge in [0.15, 0.2) is 6.10 Å². The summed E-state index contributed by atoms with van der Waals surface area (Å²) in [6.45, 7) is 8.05. The van der Waals surface area contributed by atoms with Crippen molar-refractivity contribution in [1.29, 1.82) is 0 Å². The molecule has 2 aromatic rings. The number of nitrogens with one attached hydrogen (secondary N) is 1. The van der Waals surface area contributed by atoms with E-state index >= 15 is 0 Å². The van der Waals surface area contributed by atoms with E-state index in [9.17, 15) is 13.2 Å². The van der Waals surface area contributed by atoms with E-state index in [1.807, 2.05) is 27.7 Å². The molecule has 30 heavy (non-hydrogen) atoms. The highest BCUT2D eigenvalue weighted by atomic mass is 35.5. The smallest absolute Gasteiger partial charge is 0.264 e. The molecule has 8 heteroatoms. The number of halogens is 1. The molecule has 2 aromatic carbocycles. The number of carbonyl (C=O) groups is 1. The van der Waals surface area contributed by atoms with Crippen LogP contribution in [0.3, 0.4) is 0 Å². The van der Waals surface area contributed by atoms with Crippen LogP contribution in [0.1, 0.15) is 27.7 Å². The molecule has 0 spiro atoms. The molecule has 0 saturated carbocycles. The third kappa shape index (κ3) is 4.57. The monoisotopic (exact) mass is 450 g/mol. The van der Waals surface area contributed by atoms with Crippen molar-refractivity contribution in [2.24, 2.45) is 11.8 Å². The summed E-state index contributed by atoms with van der Waals surface area (Å²) in [6.07, 6.45) is -0.957. The Morgan fingerprint density at radius 1 is 1.07 bits per heavy atom. The molecule has 3 rings (SSSR count). The maximum Gasteiger partial charge on any atom is 0.264 e. The fraction of sp³-hybridized carbons (Fsp3) is 0.409. The lowest BCUT2D eigenvalue weighted by Gasteiger charge is -2.36. The van der Waals surface area contributed by atoms with Gasteiger partial charge >= 0.3 is 0 Å². The number of hydrogen-bond acceptors (Lipinski definition) is 4. The van der Waals surface area contributed by atoms with Crippen LogP contribution in [0.4, 0.5) is 5.69 Å². The summed E-state index contributed by atoms with van der Waals surface area (Å²) in [4.78, 5) is 13.1. The van der Waals surface area contributed by atoms with Gasteiger partial charge in [-0.05, 0) is 48.2 Å². The number of fused-ring (bicyclic) bond motifs is 1. The van der Waals surface area contributed by atoms with Crippen molar-refractivity contribution < 1.29 is 17.9 Å². The van der Waals surface area contributed by atoms with Crippen LogP contribution in [0.25, 0.3) is 0 Å². The molecule has 0 radical (unpaired) electrons. The molecule has 1 amide bonds. The van der Waals surface area contributed by atoms with Crippen LogP contribution in [-0.2, 0) is 14.8 Å². The molecule has 1 aliphatic heterocycles. The van der Waals surface area contributed by atoms with Crippen LogP contribution < -0.4 is 14.4 Å². The van der Waals surface area contributed by atoms with Crippen molar-refractivity contribution >= 4 is 33.2 Å². The first-order chi connectivity index (χ1) is 14.1. The molecule has 0 unspecified atom stereocenters. The number of ether oxygens (including phenoxy) is 1. The summed E-state index contributed by atoms with van der Waals surface area (Å²) in [5.41, 5.74) is 0.403. The van der Waals surface area contributed by atoms with Gasteiger partial charge in [0, 0.05) is 11.1 Å². The lowest BCUT2D eigenvalue weighted by atomic mass is 9.93. The van der Waals surface area contributed by atoms with Gasteiger partial charge in [-0.15, -0.1) is 0 Å². The van der Waals surface area contributed by atoms with E-state index in [0.717, 1.165) is 0 Å². The first-order valence-corrected chi connectivity index (χ1v) is 11.8. The SMILES string of the molecule is CC(C)C(NC(=O)[C@@H]1CN(S(=O)(=O)c2ccc(Cl)cc2)c2ccccc2O1)C(C)C. The van der Waals surface area contributed by atoms with Gasteiger partial charge in [-0.3, -0.25) is 9.10 Å². The van der Waals surface area contributed by atoms with Crippen LogP contribution in [0.2, 0.25) is 5.02 Å². The number of nitrogens with zero attached hydrogens (tertiary/aromatic N) is 1. The molecule has 1 N–H and O–H groups in total. The van der Waals surface area contributed by atoms with Gasteiger partial charge in [0.2, 0.25) is 0 Å². The summed E-state index contributed by atoms with van der Waals surface area (Å²) in [5.74, 6) is 0.498. The molecule has 0 aromatic heterocycles. The highest BCUT2D eigenvalue weighted by molar-refractivity contribution is 7.92. The second-order valence-corrected chi connectivity index (χ2v) is 10.4. The lowest BCUT2D eigenvalue weighted by Crippen LogP contribution is -2.54. The maximum absolute atomic E-state index is 13.4. The molecule has 0 aliphatic carbocycles. The van der Waals surface area contributed by atoms with Crippen molar-refractivity contribution in [2.45, 2.75) is 44.7 Å². The van der Waals surface area contributed by atoms with Gasteiger partial charge in [-0.25, -0.2) is 8.42 Å². The van der Waals surface area contributed by atoms with Gasteiger partial charge in [0.25, 0.3) is 15.9 Å². The predicted molar refractivity (Wildman–Crippen MR) is 118 cm³/mol. The lowest BCUT2D eigenvalue weighted by molar-refractivity contribution is -0.129. The summed E-state index contributed by atoms with van der Waals surface area (Å²) in [5, 5.41) is 3.48. The normalized spacial score (nSPS) is 16.5. The Kier molecular flexibility index (Phi) is 6.62. The average Bonchev–Trinajstić information content (AvgIpc) is 2.70. The maximum atomic E-state index is 13.4. The standard InChI is InChI=1S/C22H27ClN2O4S/c1-14(2)21(15(3)4)24-22(26)20-13-25(18-7-5-6-8-19(18)29-20)30(27,28)17-11-9-16(23)10-12-17/h5-12,14-15,20-21H,13H2,1-4H3,(H,24,26)/t20-/m0/s1. The number of carbonyl (C=O) groups excluding carboxylic acids is 1. The summed E-state index contributed by atoms with van der Waals surface area (Å²) in [6, 6.07) is 12.7. The molecular formula is C22H27ClN2O4S. The molecule has 1 aliphatic rings. The van der Waals surface area contributed by atoms with E-state index in [-0.39, 0.29) is 35.2 Å². The Morgan fingerprint density at radius 3 is 2.27 bits per heavy atom. The van der Waals surface area contributed by atoms with E-state index in [1.165, 1.54) is 28.6 Å². The zero-order valence-electron chi connectivity index (χ0n) is 17.5. The predicted octanol–water partition coefficient (Wildman–Crippen LogP) is 4.09. The van der Waals surface area contributed by atoms with Crippen molar-refractivity contribution in [3.8, 4) is 5.75 Å². The zero-order chi connectivity index (χ0) is 22.1. The molecule has 1 heterocycles. The van der Waals surface area contributed by atoms with Crippen molar-refractivity contribution in [3.63, 3.8) is 0 Å². The average molecular weight is 451 g/mol. The van der Waals surface area contributed by atoms with E-state index in [1.54, 1.807) is 24.3 Å². The highest BCUT2D eigenvalue weighted by Gasteiger charge is 2.38. The zero-order valence-corrected chi connectivity index (χ0v) is 19.1. The third-order valence-corrected chi connectivity index (χ3v) is 7.22. The minimum Gasteiger partial charge on any atom is -0.476 e. The number of anilines is 1. The summed E-state index contributed by atoms with van der Waals surface area (Å²) < 4.78 is 33.9. The minimum atomic E-state index is -3.91. The minimum absolute atomic E-state index is 0.0420. The van der Waals surface area contributed by atoms with E-state index in [4.69, 9.17) is 16.3 Å². The molecule has 0 saturated heterocycles. The Bertz CT molecular complexity index is 998. The number of rotatable bonds is 6. The molecule has 162 valence electrons. The van der Waals surface area contributed by atoms with Crippen LogP contribution >= 0.6 is 11.6 Å². The fourth-order valence-electron chi connectivity index (χ4n) is 3.66. The van der Waals surface area contributed by atoms with E-state index < -0.39 is 16.1 Å². The highest BCUT2D eigenvalue weighted by Crippen LogP contribution is 2.37. The molecular weight excluding hydrogens is 424 g/mol. The van der Waals surface area contributed by atoms with E-state index in [0.29, 0.717) is 16.5 Å². The van der Waals surface area contributed by atoms with Crippen molar-refractivity contribution in [1.82, 2.24) is 5.32 Å². The fourth-order valence-corrected chi connectivity index (χ4v) is 5.26. The van der Waals surface area contributed by atoms with Gasteiger partial charge in [0.05, 0.1) is 17.1 Å². The van der Waals surface area contributed by atoms with Gasteiger partial charge in [-0.1, -0.05) is 51.4 Å². The molecule has 0 bridgehead atoms. The summed E-state index contributed by atoms with van der Waals surface area (Å²) in [7, 11) is -3.91. The van der Waals surface area contributed by atoms with Crippen LogP contribution in [0, 0.1) is 11.8 Å². The molecule has 1 atom stereocenters. The van der Waals surface area contributed by atoms with Crippen LogP contribution in [0.15, 0.2) is 53.4 Å². The Labute approximate surface area is 183 Å². The number of benzene rings is 2. The summed E-state index contributed by atoms with van der Waals surface area (Å²) >= 11 is 5.91. The number of amides is 1. The number of hydrogen-bond donors (Lipinski definition) is 1. The first-order valence-electron chi connectivity index (χ1n) is 9.95. The second-order valence-electron chi connectivity index (χ2n) is 8.09. The Hall–Kier alpha value is -2.25. The van der Waals surface area contributed by atoms with Gasteiger partial charge < -0.3 is 10.1 Å². The first kappa shape index (κ1) is 22.4. The third-order valence-electron chi connectivity index (χ3n) is 5.17. The van der Waals surface area contributed by atoms with Crippen molar-refractivity contribution in [2.75, 3.05) is 10.8 Å². The number of sulfonamides is 1. The van der Waals surface area contributed by atoms with Gasteiger partial charge in [0.1, 0.15) is 5.75 Å². The van der Waals surface area contributed by atoms with Crippen molar-refractivity contribution in [3.05, 3.63) is 53.6 Å². The number of para-hydroxylation sites is 2. The Morgan fingerprint density at radius 2 is 1.67 bits per heavy atom. The topological polar surface area (TPSA) is 75.7 Å². The quantitative estimate of drug-likeness (QED) is 0.719. The molecule has 6 nitrogen and oxygen atoms in total. The van der Waals surface area contributed by atoms with Crippen LogP contribution in [-0.4, -0.2) is 33.0 Å². The molecule has 0 fully saturated rings.